The van der Waals surface area contributed by atoms with Crippen molar-refractivity contribution >= 4 is 28.8 Å². The van der Waals surface area contributed by atoms with Gasteiger partial charge >= 0.3 is 0 Å². The zero-order valence-corrected chi connectivity index (χ0v) is 14.0. The van der Waals surface area contributed by atoms with Crippen molar-refractivity contribution in [2.75, 3.05) is 10.6 Å². The summed E-state index contributed by atoms with van der Waals surface area (Å²) in [5, 5.41) is 5.61. The fraction of sp³-hybridized carbons (Fsp3) is 0.0500. The molecule has 6 heteroatoms. The molecule has 0 aliphatic carbocycles. The number of ketones is 1. The van der Waals surface area contributed by atoms with Crippen LogP contribution in [0.25, 0.3) is 0 Å². The van der Waals surface area contributed by atoms with Crippen molar-refractivity contribution in [3.05, 3.63) is 83.9 Å². The molecule has 0 aliphatic heterocycles. The second kappa shape index (κ2) is 7.57. The number of nitrogens with one attached hydrogen (secondary N) is 2. The Hall–Kier alpha value is -3.54. The first kappa shape index (κ1) is 17.3. The maximum Gasteiger partial charge on any atom is 0.274 e. The lowest BCUT2D eigenvalue weighted by Gasteiger charge is -2.08. The van der Waals surface area contributed by atoms with E-state index in [9.17, 15) is 14.0 Å². The number of aromatic nitrogens is 1. The van der Waals surface area contributed by atoms with Gasteiger partial charge in [0.1, 0.15) is 11.5 Å². The van der Waals surface area contributed by atoms with Crippen LogP contribution < -0.4 is 10.6 Å². The Kier molecular flexibility index (Phi) is 5.03. The molecule has 0 unspecified atom stereocenters. The van der Waals surface area contributed by atoms with Crippen LogP contribution in [0, 0.1) is 5.82 Å². The molecule has 1 aromatic heterocycles. The van der Waals surface area contributed by atoms with Crippen LogP contribution in [0.1, 0.15) is 27.8 Å². The Labute approximate surface area is 149 Å². The number of Topliss-reactive ketones (excluding diaryl/α,β-unsaturated/α-hetero) is 1. The molecule has 3 aromatic rings. The Morgan fingerprint density at radius 3 is 2.23 bits per heavy atom. The quantitative estimate of drug-likeness (QED) is 0.669. The number of hydrogen-bond acceptors (Lipinski definition) is 4. The third-order valence-corrected chi connectivity index (χ3v) is 3.70. The summed E-state index contributed by atoms with van der Waals surface area (Å²) in [6.45, 7) is 1.51. The fourth-order valence-corrected chi connectivity index (χ4v) is 2.31. The minimum absolute atomic E-state index is 0.00318. The van der Waals surface area contributed by atoms with Gasteiger partial charge in [-0.05, 0) is 55.5 Å². The lowest BCUT2D eigenvalue weighted by molar-refractivity contribution is 0.101. The molecule has 0 atom stereocenters. The summed E-state index contributed by atoms with van der Waals surface area (Å²) in [5.41, 5.74) is 2.38. The van der Waals surface area contributed by atoms with Gasteiger partial charge in [0.05, 0.1) is 17.6 Å². The monoisotopic (exact) mass is 349 g/mol. The lowest BCUT2D eigenvalue weighted by Crippen LogP contribution is -2.14. The van der Waals surface area contributed by atoms with Crippen molar-refractivity contribution in [1.29, 1.82) is 0 Å². The summed E-state index contributed by atoms with van der Waals surface area (Å²) in [7, 11) is 0. The van der Waals surface area contributed by atoms with E-state index in [1.165, 1.54) is 25.3 Å². The highest BCUT2D eigenvalue weighted by Gasteiger charge is 2.10. The second-order valence-electron chi connectivity index (χ2n) is 5.62. The van der Waals surface area contributed by atoms with Crippen molar-refractivity contribution in [3.63, 3.8) is 0 Å². The first-order valence-corrected chi connectivity index (χ1v) is 7.93. The van der Waals surface area contributed by atoms with Crippen LogP contribution in [0.15, 0.2) is 66.9 Å². The summed E-state index contributed by atoms with van der Waals surface area (Å²) < 4.78 is 13.6. The average Bonchev–Trinajstić information content (AvgIpc) is 2.64. The van der Waals surface area contributed by atoms with Crippen molar-refractivity contribution in [2.45, 2.75) is 6.92 Å². The van der Waals surface area contributed by atoms with Gasteiger partial charge in [0, 0.05) is 11.3 Å². The number of rotatable bonds is 5. The molecule has 0 radical (unpaired) electrons. The van der Waals surface area contributed by atoms with E-state index in [-0.39, 0.29) is 17.2 Å². The summed E-state index contributed by atoms with van der Waals surface area (Å²) >= 11 is 0. The third kappa shape index (κ3) is 4.10. The van der Waals surface area contributed by atoms with E-state index in [0.717, 1.165) is 5.69 Å². The van der Waals surface area contributed by atoms with Gasteiger partial charge in [0.15, 0.2) is 5.78 Å². The van der Waals surface area contributed by atoms with Gasteiger partial charge in [0.25, 0.3) is 5.91 Å². The largest absolute Gasteiger partial charge is 0.354 e. The number of halogens is 1. The van der Waals surface area contributed by atoms with Gasteiger partial charge in [0.2, 0.25) is 0 Å². The van der Waals surface area contributed by atoms with E-state index in [2.05, 4.69) is 15.6 Å². The normalized spacial score (nSPS) is 10.2. The third-order valence-electron chi connectivity index (χ3n) is 3.70. The van der Waals surface area contributed by atoms with Crippen LogP contribution in [-0.2, 0) is 0 Å². The number of benzene rings is 2. The summed E-state index contributed by atoms with van der Waals surface area (Å²) in [4.78, 5) is 27.5. The van der Waals surface area contributed by atoms with Gasteiger partial charge in [-0.2, -0.15) is 0 Å². The predicted octanol–water partition coefficient (Wildman–Crippen LogP) is 4.42. The van der Waals surface area contributed by atoms with E-state index in [1.807, 2.05) is 0 Å². The van der Waals surface area contributed by atoms with Gasteiger partial charge in [-0.25, -0.2) is 9.37 Å². The molecule has 1 heterocycles. The highest BCUT2D eigenvalue weighted by molar-refractivity contribution is 6.03. The molecule has 0 spiro atoms. The average molecular weight is 349 g/mol. The summed E-state index contributed by atoms with van der Waals surface area (Å²) in [6.07, 6.45) is 1.51. The van der Waals surface area contributed by atoms with Crippen LogP contribution in [0.2, 0.25) is 0 Å². The predicted molar refractivity (Wildman–Crippen MR) is 98.3 cm³/mol. The van der Waals surface area contributed by atoms with Gasteiger partial charge in [-0.1, -0.05) is 12.1 Å². The number of carbonyl (C=O) groups is 2. The fourth-order valence-electron chi connectivity index (χ4n) is 2.31. The highest BCUT2D eigenvalue weighted by Crippen LogP contribution is 2.18. The Bertz CT molecular complexity index is 938. The van der Waals surface area contributed by atoms with Crippen molar-refractivity contribution in [3.8, 4) is 0 Å². The molecule has 0 bridgehead atoms. The maximum absolute atomic E-state index is 13.6. The topological polar surface area (TPSA) is 71.1 Å². The molecule has 2 aromatic carbocycles. The zero-order valence-electron chi connectivity index (χ0n) is 14.0. The zero-order chi connectivity index (χ0) is 18.5. The summed E-state index contributed by atoms with van der Waals surface area (Å²) in [5.74, 6) is -0.996. The molecule has 3 rings (SSSR count). The number of nitrogens with zero attached hydrogens (tertiary/aromatic N) is 1. The van der Waals surface area contributed by atoms with Crippen molar-refractivity contribution in [2.24, 2.45) is 0 Å². The Morgan fingerprint density at radius 1 is 0.923 bits per heavy atom. The molecule has 130 valence electrons. The first-order valence-electron chi connectivity index (χ1n) is 7.93. The molecular weight excluding hydrogens is 333 g/mol. The van der Waals surface area contributed by atoms with Crippen LogP contribution >= 0.6 is 0 Å². The molecule has 0 aliphatic rings. The molecule has 5 nitrogen and oxygen atoms in total. The van der Waals surface area contributed by atoms with Crippen molar-refractivity contribution in [1.82, 2.24) is 4.98 Å². The van der Waals surface area contributed by atoms with E-state index in [4.69, 9.17) is 0 Å². The molecule has 26 heavy (non-hydrogen) atoms. The number of anilines is 3. The van der Waals surface area contributed by atoms with Gasteiger partial charge in [-0.15, -0.1) is 0 Å². The van der Waals surface area contributed by atoms with Crippen LogP contribution in [0.5, 0.6) is 0 Å². The number of pyridine rings is 1. The Balaban J connectivity index is 1.67. The smallest absolute Gasteiger partial charge is 0.274 e. The molecule has 0 saturated heterocycles. The first-order chi connectivity index (χ1) is 12.5. The number of para-hydroxylation sites is 1. The lowest BCUT2D eigenvalue weighted by atomic mass is 10.1. The number of hydrogen-bond donors (Lipinski definition) is 2. The van der Waals surface area contributed by atoms with E-state index in [0.29, 0.717) is 11.3 Å². The van der Waals surface area contributed by atoms with Gasteiger partial charge in [-0.3, -0.25) is 9.59 Å². The minimum atomic E-state index is -0.506. The molecule has 0 saturated carbocycles. The maximum atomic E-state index is 13.6. The highest BCUT2D eigenvalue weighted by atomic mass is 19.1. The van der Waals surface area contributed by atoms with Crippen LogP contribution in [0.4, 0.5) is 21.5 Å². The van der Waals surface area contributed by atoms with E-state index >= 15 is 0 Å². The SMILES string of the molecule is CC(=O)c1ccc(Nc2ccc(C(=O)Nc3ccccc3F)nc2)cc1. The van der Waals surface area contributed by atoms with E-state index < -0.39 is 11.7 Å². The number of carbonyl (C=O) groups excluding carboxylic acids is 2. The van der Waals surface area contributed by atoms with Crippen LogP contribution in [0.3, 0.4) is 0 Å². The molecular formula is C20H16FN3O2. The number of amides is 1. The summed E-state index contributed by atoms with van der Waals surface area (Å²) in [6, 6.07) is 16.2. The Morgan fingerprint density at radius 2 is 1.62 bits per heavy atom. The van der Waals surface area contributed by atoms with Crippen LogP contribution in [-0.4, -0.2) is 16.7 Å². The van der Waals surface area contributed by atoms with Gasteiger partial charge < -0.3 is 10.6 Å². The molecule has 2 N–H and O–H groups in total. The standard InChI is InChI=1S/C20H16FN3O2/c1-13(25)14-6-8-15(9-7-14)23-16-10-11-19(22-12-16)20(26)24-18-5-3-2-4-17(18)21/h2-12,23H,1H3,(H,24,26). The minimum Gasteiger partial charge on any atom is -0.354 e. The molecule has 0 fully saturated rings. The van der Waals surface area contributed by atoms with E-state index in [1.54, 1.807) is 48.5 Å². The van der Waals surface area contributed by atoms with Crippen molar-refractivity contribution < 1.29 is 14.0 Å². The second-order valence-corrected chi connectivity index (χ2v) is 5.62. The molecule has 1 amide bonds.